The van der Waals surface area contributed by atoms with Gasteiger partial charge in [0.05, 0.1) is 11.8 Å². The third kappa shape index (κ3) is 3.35. The largest absolute Gasteiger partial charge is 0.271 e. The summed E-state index contributed by atoms with van der Waals surface area (Å²) in [5.74, 6) is -1.37. The zero-order valence-electron chi connectivity index (χ0n) is 11.0. The summed E-state index contributed by atoms with van der Waals surface area (Å²) in [6.45, 7) is 4.00. The van der Waals surface area contributed by atoms with Gasteiger partial charge in [-0.3, -0.25) is 4.79 Å². The standard InChI is InChI=1S/C14H12BrN3OS/c1-8(2)20-14-17-12(11(7-16)13(19)18-14)9-4-3-5-10(15)6-9/h3-6,8,11H,1-2H3. The van der Waals surface area contributed by atoms with E-state index in [1.165, 1.54) is 11.8 Å². The van der Waals surface area contributed by atoms with E-state index in [9.17, 15) is 10.1 Å². The van der Waals surface area contributed by atoms with E-state index in [1.807, 2.05) is 44.2 Å². The number of amides is 1. The summed E-state index contributed by atoms with van der Waals surface area (Å²) in [4.78, 5) is 20.3. The average Bonchev–Trinajstić information content (AvgIpc) is 2.37. The molecule has 1 heterocycles. The highest BCUT2D eigenvalue weighted by Crippen LogP contribution is 2.23. The topological polar surface area (TPSA) is 65.6 Å². The zero-order chi connectivity index (χ0) is 14.7. The van der Waals surface area contributed by atoms with Crippen LogP contribution in [0.3, 0.4) is 0 Å². The number of hydrogen-bond acceptors (Lipinski definition) is 4. The lowest BCUT2D eigenvalue weighted by Crippen LogP contribution is -2.27. The Morgan fingerprint density at radius 2 is 2.15 bits per heavy atom. The van der Waals surface area contributed by atoms with Crippen molar-refractivity contribution in [3.05, 3.63) is 34.3 Å². The maximum Gasteiger partial charge on any atom is 0.271 e. The number of aliphatic imine (C=N–C) groups is 2. The highest BCUT2D eigenvalue weighted by molar-refractivity contribution is 9.10. The molecule has 0 aromatic heterocycles. The maximum atomic E-state index is 12.0. The number of amidine groups is 1. The third-order valence-corrected chi connectivity index (χ3v) is 3.89. The van der Waals surface area contributed by atoms with Crippen molar-refractivity contribution in [1.29, 1.82) is 5.26 Å². The van der Waals surface area contributed by atoms with Crippen molar-refractivity contribution in [2.24, 2.45) is 15.9 Å². The van der Waals surface area contributed by atoms with E-state index < -0.39 is 11.8 Å². The lowest BCUT2D eigenvalue weighted by Gasteiger charge is -2.16. The molecule has 0 aliphatic carbocycles. The Labute approximate surface area is 130 Å². The number of thioether (sulfide) groups is 1. The van der Waals surface area contributed by atoms with Crippen LogP contribution in [0, 0.1) is 17.2 Å². The molecule has 2 rings (SSSR count). The quantitative estimate of drug-likeness (QED) is 0.821. The van der Waals surface area contributed by atoms with Crippen molar-refractivity contribution in [1.82, 2.24) is 0 Å². The van der Waals surface area contributed by atoms with Gasteiger partial charge in [0.1, 0.15) is 0 Å². The molecule has 1 aliphatic heterocycles. The van der Waals surface area contributed by atoms with Crippen LogP contribution in [0.1, 0.15) is 19.4 Å². The Bertz CT molecular complexity index is 646. The average molecular weight is 350 g/mol. The molecule has 0 saturated heterocycles. The van der Waals surface area contributed by atoms with Crippen molar-refractivity contribution >= 4 is 44.5 Å². The first kappa shape index (κ1) is 14.9. The van der Waals surface area contributed by atoms with Crippen molar-refractivity contribution < 1.29 is 4.79 Å². The highest BCUT2D eigenvalue weighted by atomic mass is 79.9. The highest BCUT2D eigenvalue weighted by Gasteiger charge is 2.30. The first-order valence-corrected chi connectivity index (χ1v) is 7.72. The molecular weight excluding hydrogens is 338 g/mol. The van der Waals surface area contributed by atoms with E-state index in [2.05, 4.69) is 25.9 Å². The number of nitriles is 1. The fourth-order valence-corrected chi connectivity index (χ4v) is 2.84. The Balaban J connectivity index is 2.46. The summed E-state index contributed by atoms with van der Waals surface area (Å²) in [6.07, 6.45) is 0. The third-order valence-electron chi connectivity index (χ3n) is 2.53. The van der Waals surface area contributed by atoms with E-state index >= 15 is 0 Å². The minimum absolute atomic E-state index is 0.271. The maximum absolute atomic E-state index is 12.0. The summed E-state index contributed by atoms with van der Waals surface area (Å²) in [5, 5.41) is 9.88. The van der Waals surface area contributed by atoms with Gasteiger partial charge in [-0.15, -0.1) is 0 Å². The minimum Gasteiger partial charge on any atom is -0.271 e. The smallest absolute Gasteiger partial charge is 0.271 e. The summed E-state index contributed by atoms with van der Waals surface area (Å²) in [6, 6.07) is 9.40. The molecule has 1 amide bonds. The van der Waals surface area contributed by atoms with Gasteiger partial charge in [0.15, 0.2) is 11.1 Å². The van der Waals surface area contributed by atoms with Gasteiger partial charge in [0, 0.05) is 9.72 Å². The molecule has 0 radical (unpaired) electrons. The molecule has 0 N–H and O–H groups in total. The second-order valence-electron chi connectivity index (χ2n) is 4.47. The van der Waals surface area contributed by atoms with E-state index in [-0.39, 0.29) is 5.25 Å². The molecule has 1 aromatic carbocycles. The molecule has 0 bridgehead atoms. The zero-order valence-corrected chi connectivity index (χ0v) is 13.4. The molecule has 4 nitrogen and oxygen atoms in total. The lowest BCUT2D eigenvalue weighted by atomic mass is 9.96. The molecule has 0 spiro atoms. The van der Waals surface area contributed by atoms with E-state index in [1.54, 1.807) is 0 Å². The Morgan fingerprint density at radius 3 is 2.75 bits per heavy atom. The van der Waals surface area contributed by atoms with Gasteiger partial charge in [0.25, 0.3) is 5.91 Å². The van der Waals surface area contributed by atoms with Crippen LogP contribution in [-0.2, 0) is 4.79 Å². The normalized spacial score (nSPS) is 18.6. The number of hydrogen-bond donors (Lipinski definition) is 0. The predicted molar refractivity (Wildman–Crippen MR) is 85.0 cm³/mol. The molecule has 0 saturated carbocycles. The molecule has 1 aromatic rings. The number of carbonyl (C=O) groups excluding carboxylic acids is 1. The minimum atomic E-state index is -0.930. The molecule has 102 valence electrons. The lowest BCUT2D eigenvalue weighted by molar-refractivity contribution is -0.118. The summed E-state index contributed by atoms with van der Waals surface area (Å²) < 4.78 is 0.877. The van der Waals surface area contributed by atoms with Crippen molar-refractivity contribution in [3.63, 3.8) is 0 Å². The molecule has 20 heavy (non-hydrogen) atoms. The van der Waals surface area contributed by atoms with Crippen LogP contribution in [0.4, 0.5) is 0 Å². The van der Waals surface area contributed by atoms with Crippen LogP contribution in [0.2, 0.25) is 0 Å². The van der Waals surface area contributed by atoms with Gasteiger partial charge in [-0.2, -0.15) is 10.3 Å². The predicted octanol–water partition coefficient (Wildman–Crippen LogP) is 3.42. The van der Waals surface area contributed by atoms with E-state index in [0.29, 0.717) is 10.9 Å². The van der Waals surface area contributed by atoms with Crippen molar-refractivity contribution in [2.75, 3.05) is 0 Å². The second-order valence-corrected chi connectivity index (χ2v) is 6.93. The van der Waals surface area contributed by atoms with Crippen molar-refractivity contribution in [2.45, 2.75) is 19.1 Å². The molecular formula is C14H12BrN3OS. The van der Waals surface area contributed by atoms with Gasteiger partial charge < -0.3 is 0 Å². The number of rotatable bonds is 2. The van der Waals surface area contributed by atoms with Gasteiger partial charge >= 0.3 is 0 Å². The van der Waals surface area contributed by atoms with Gasteiger partial charge in [-0.05, 0) is 17.7 Å². The molecule has 6 heteroatoms. The van der Waals surface area contributed by atoms with E-state index in [0.717, 1.165) is 10.0 Å². The van der Waals surface area contributed by atoms with Gasteiger partial charge in [-0.25, -0.2) is 4.99 Å². The van der Waals surface area contributed by atoms with Gasteiger partial charge in [-0.1, -0.05) is 53.7 Å². The second kappa shape index (κ2) is 6.33. The number of nitrogens with zero attached hydrogens (tertiary/aromatic N) is 3. The first-order chi connectivity index (χ1) is 9.51. The summed E-state index contributed by atoms with van der Waals surface area (Å²) in [7, 11) is 0. The van der Waals surface area contributed by atoms with E-state index in [4.69, 9.17) is 0 Å². The van der Waals surface area contributed by atoms with Crippen LogP contribution in [0.25, 0.3) is 0 Å². The molecule has 1 aliphatic rings. The molecule has 0 fully saturated rings. The first-order valence-electron chi connectivity index (χ1n) is 6.04. The molecule has 1 atom stereocenters. The van der Waals surface area contributed by atoms with Crippen molar-refractivity contribution in [3.8, 4) is 6.07 Å². The Kier molecular flexibility index (Phi) is 4.73. The van der Waals surface area contributed by atoms with Crippen LogP contribution >= 0.6 is 27.7 Å². The van der Waals surface area contributed by atoms with Gasteiger partial charge in [0.2, 0.25) is 0 Å². The monoisotopic (exact) mass is 349 g/mol. The Morgan fingerprint density at radius 1 is 1.40 bits per heavy atom. The number of halogens is 1. The van der Waals surface area contributed by atoms with Crippen LogP contribution in [0.15, 0.2) is 38.7 Å². The number of carbonyl (C=O) groups is 1. The number of benzene rings is 1. The summed E-state index contributed by atoms with van der Waals surface area (Å²) >= 11 is 4.80. The van der Waals surface area contributed by atoms with Crippen LogP contribution in [-0.4, -0.2) is 22.0 Å². The molecule has 1 unspecified atom stereocenters. The Hall–Kier alpha value is -1.45. The fraction of sp³-hybridized carbons (Fsp3) is 0.286. The fourth-order valence-electron chi connectivity index (χ4n) is 1.73. The van der Waals surface area contributed by atoms with Crippen LogP contribution in [0.5, 0.6) is 0 Å². The SMILES string of the molecule is CC(C)SC1=NC(=O)C(C#N)C(c2cccc(Br)c2)=N1. The van der Waals surface area contributed by atoms with Crippen LogP contribution < -0.4 is 0 Å². The summed E-state index contributed by atoms with van der Waals surface area (Å²) in [5.41, 5.74) is 1.23.